The van der Waals surface area contributed by atoms with Crippen LogP contribution in [0.3, 0.4) is 0 Å². The molecule has 0 bridgehead atoms. The van der Waals surface area contributed by atoms with E-state index >= 15 is 0 Å². The first-order valence-electron chi connectivity index (χ1n) is 4.73. The summed E-state index contributed by atoms with van der Waals surface area (Å²) in [6.07, 6.45) is -4.61. The Hall–Kier alpha value is -1.63. The van der Waals surface area contributed by atoms with E-state index in [1.807, 2.05) is 0 Å². The summed E-state index contributed by atoms with van der Waals surface area (Å²) in [5.74, 6) is 0. The Balaban J connectivity index is 2.54. The molecule has 0 aromatic heterocycles. The van der Waals surface area contributed by atoms with Crippen LogP contribution in [-0.2, 0) is 16.5 Å². The fourth-order valence-electron chi connectivity index (χ4n) is 1.46. The third-order valence-electron chi connectivity index (χ3n) is 2.64. The Morgan fingerprint density at radius 1 is 1.41 bits per heavy atom. The molecule has 92 valence electrons. The van der Waals surface area contributed by atoms with Crippen LogP contribution >= 0.6 is 0 Å². The molecular formula is C10H8F3NO3. The summed E-state index contributed by atoms with van der Waals surface area (Å²) in [5, 5.41) is 10.6. The Morgan fingerprint density at radius 2 is 2.00 bits per heavy atom. The maximum absolute atomic E-state index is 12.6. The minimum absolute atomic E-state index is 0.180. The number of rotatable bonds is 2. The van der Waals surface area contributed by atoms with Crippen molar-refractivity contribution in [3.63, 3.8) is 0 Å². The standard InChI is InChI=1S/C10H8F3NO3/c1-9(5-17-9)6-2-7(10(11,12)13)4-8(3-6)14(15)16/h2-4H,5H2,1H3. The molecule has 1 aromatic rings. The summed E-state index contributed by atoms with van der Waals surface area (Å²) < 4.78 is 42.7. The summed E-state index contributed by atoms with van der Waals surface area (Å²) in [5.41, 5.74) is -2.25. The van der Waals surface area contributed by atoms with Crippen LogP contribution in [0.1, 0.15) is 18.1 Å². The van der Waals surface area contributed by atoms with E-state index in [-0.39, 0.29) is 12.2 Å². The lowest BCUT2D eigenvalue weighted by atomic mass is 9.98. The van der Waals surface area contributed by atoms with E-state index in [1.165, 1.54) is 0 Å². The predicted molar refractivity (Wildman–Crippen MR) is 51.4 cm³/mol. The zero-order valence-electron chi connectivity index (χ0n) is 8.75. The van der Waals surface area contributed by atoms with E-state index in [9.17, 15) is 23.3 Å². The molecule has 4 nitrogen and oxygen atoms in total. The number of hydrogen-bond donors (Lipinski definition) is 0. The molecule has 1 atom stereocenters. The van der Waals surface area contributed by atoms with Crippen molar-refractivity contribution in [1.82, 2.24) is 0 Å². The minimum Gasteiger partial charge on any atom is -0.365 e. The first-order valence-corrected chi connectivity index (χ1v) is 4.73. The molecule has 17 heavy (non-hydrogen) atoms. The molecule has 1 unspecified atom stereocenters. The van der Waals surface area contributed by atoms with Crippen LogP contribution in [-0.4, -0.2) is 11.5 Å². The molecule has 1 aliphatic rings. The van der Waals surface area contributed by atoms with Crippen LogP contribution in [0.25, 0.3) is 0 Å². The molecule has 2 rings (SSSR count). The molecule has 0 radical (unpaired) electrons. The smallest absolute Gasteiger partial charge is 0.365 e. The van der Waals surface area contributed by atoms with E-state index in [4.69, 9.17) is 4.74 Å². The topological polar surface area (TPSA) is 55.7 Å². The van der Waals surface area contributed by atoms with Crippen molar-refractivity contribution in [3.05, 3.63) is 39.4 Å². The van der Waals surface area contributed by atoms with Crippen LogP contribution in [0.4, 0.5) is 18.9 Å². The van der Waals surface area contributed by atoms with Crippen molar-refractivity contribution in [2.75, 3.05) is 6.61 Å². The van der Waals surface area contributed by atoms with Crippen LogP contribution < -0.4 is 0 Å². The molecule has 0 amide bonds. The highest BCUT2D eigenvalue weighted by molar-refractivity contribution is 5.43. The lowest BCUT2D eigenvalue weighted by Gasteiger charge is -2.11. The van der Waals surface area contributed by atoms with Crippen LogP contribution in [0.5, 0.6) is 0 Å². The number of epoxide rings is 1. The highest BCUT2D eigenvalue weighted by atomic mass is 19.4. The fraction of sp³-hybridized carbons (Fsp3) is 0.400. The predicted octanol–water partition coefficient (Wildman–Crippen LogP) is 2.86. The van der Waals surface area contributed by atoms with Crippen molar-refractivity contribution < 1.29 is 22.8 Å². The highest BCUT2D eigenvalue weighted by Gasteiger charge is 2.44. The Kier molecular flexibility index (Phi) is 2.39. The quantitative estimate of drug-likeness (QED) is 0.458. The number of halogens is 3. The molecule has 0 aliphatic carbocycles. The minimum atomic E-state index is -4.61. The largest absolute Gasteiger partial charge is 0.416 e. The number of hydrogen-bond acceptors (Lipinski definition) is 3. The second-order valence-electron chi connectivity index (χ2n) is 4.04. The molecule has 1 aromatic carbocycles. The molecule has 1 fully saturated rings. The van der Waals surface area contributed by atoms with E-state index in [0.29, 0.717) is 6.07 Å². The lowest BCUT2D eigenvalue weighted by Crippen LogP contribution is -2.10. The Morgan fingerprint density at radius 3 is 2.41 bits per heavy atom. The molecular weight excluding hydrogens is 239 g/mol. The number of alkyl halides is 3. The number of benzene rings is 1. The van der Waals surface area contributed by atoms with Crippen molar-refractivity contribution in [2.24, 2.45) is 0 Å². The van der Waals surface area contributed by atoms with Crippen LogP contribution in [0.2, 0.25) is 0 Å². The van der Waals surface area contributed by atoms with Gasteiger partial charge in [0, 0.05) is 12.1 Å². The van der Waals surface area contributed by atoms with Gasteiger partial charge in [0.05, 0.1) is 17.1 Å². The second-order valence-corrected chi connectivity index (χ2v) is 4.04. The van der Waals surface area contributed by atoms with Gasteiger partial charge in [-0.25, -0.2) is 0 Å². The molecule has 1 saturated heterocycles. The third-order valence-corrected chi connectivity index (χ3v) is 2.64. The monoisotopic (exact) mass is 247 g/mol. The van der Waals surface area contributed by atoms with Gasteiger partial charge in [0.2, 0.25) is 0 Å². The first-order chi connectivity index (χ1) is 7.72. The number of nitro groups is 1. The molecule has 7 heteroatoms. The van der Waals surface area contributed by atoms with E-state index in [0.717, 1.165) is 12.1 Å². The average molecular weight is 247 g/mol. The van der Waals surface area contributed by atoms with Crippen molar-refractivity contribution in [2.45, 2.75) is 18.7 Å². The zero-order valence-corrected chi connectivity index (χ0v) is 8.75. The van der Waals surface area contributed by atoms with Gasteiger partial charge in [0.25, 0.3) is 5.69 Å². The van der Waals surface area contributed by atoms with Crippen molar-refractivity contribution >= 4 is 5.69 Å². The van der Waals surface area contributed by atoms with E-state index in [1.54, 1.807) is 6.92 Å². The summed E-state index contributed by atoms with van der Waals surface area (Å²) in [4.78, 5) is 9.73. The fourth-order valence-corrected chi connectivity index (χ4v) is 1.46. The SMILES string of the molecule is CC1(c2cc([N+](=O)[O-])cc(C(F)(F)F)c2)CO1. The van der Waals surface area contributed by atoms with Gasteiger partial charge in [-0.15, -0.1) is 0 Å². The summed E-state index contributed by atoms with van der Waals surface area (Å²) in [6.45, 7) is 1.86. The van der Waals surface area contributed by atoms with Gasteiger partial charge in [0.1, 0.15) is 5.60 Å². The van der Waals surface area contributed by atoms with Gasteiger partial charge in [-0.1, -0.05) is 0 Å². The maximum Gasteiger partial charge on any atom is 0.416 e. The first kappa shape index (κ1) is 11.8. The maximum atomic E-state index is 12.6. The van der Waals surface area contributed by atoms with Crippen molar-refractivity contribution in [3.8, 4) is 0 Å². The van der Waals surface area contributed by atoms with Gasteiger partial charge in [-0.2, -0.15) is 13.2 Å². The third kappa shape index (κ3) is 2.23. The number of nitro benzene ring substituents is 1. The summed E-state index contributed by atoms with van der Waals surface area (Å²) >= 11 is 0. The molecule has 0 spiro atoms. The van der Waals surface area contributed by atoms with Gasteiger partial charge in [-0.3, -0.25) is 10.1 Å². The normalized spacial score (nSPS) is 23.5. The second kappa shape index (κ2) is 3.43. The Labute approximate surface area is 94.1 Å². The molecule has 0 N–H and O–H groups in total. The van der Waals surface area contributed by atoms with Gasteiger partial charge >= 0.3 is 6.18 Å². The Bertz CT molecular complexity index is 457. The average Bonchev–Trinajstić information content (AvgIpc) is 2.96. The van der Waals surface area contributed by atoms with E-state index < -0.39 is 28.0 Å². The van der Waals surface area contributed by atoms with Crippen LogP contribution in [0.15, 0.2) is 18.2 Å². The molecule has 0 saturated carbocycles. The highest BCUT2D eigenvalue weighted by Crippen LogP contribution is 2.42. The van der Waals surface area contributed by atoms with Crippen molar-refractivity contribution in [1.29, 1.82) is 0 Å². The number of nitrogens with zero attached hydrogens (tertiary/aromatic N) is 1. The lowest BCUT2D eigenvalue weighted by molar-refractivity contribution is -0.385. The molecule has 1 heterocycles. The number of ether oxygens (including phenoxy) is 1. The summed E-state index contributed by atoms with van der Waals surface area (Å²) in [7, 11) is 0. The summed E-state index contributed by atoms with van der Waals surface area (Å²) in [6, 6.07) is 2.53. The van der Waals surface area contributed by atoms with Crippen LogP contribution in [0, 0.1) is 10.1 Å². The van der Waals surface area contributed by atoms with Gasteiger partial charge in [0.15, 0.2) is 0 Å². The van der Waals surface area contributed by atoms with Gasteiger partial charge < -0.3 is 4.74 Å². The molecule has 1 aliphatic heterocycles. The van der Waals surface area contributed by atoms with Gasteiger partial charge in [-0.05, 0) is 18.6 Å². The van der Waals surface area contributed by atoms with E-state index in [2.05, 4.69) is 0 Å². The number of non-ortho nitro benzene ring substituents is 1. The zero-order chi connectivity index (χ0) is 12.8.